The summed E-state index contributed by atoms with van der Waals surface area (Å²) in [6.07, 6.45) is 2.09. The van der Waals surface area contributed by atoms with Gasteiger partial charge in [-0.3, -0.25) is 9.59 Å². The molecule has 2 rings (SSSR count). The van der Waals surface area contributed by atoms with Crippen molar-refractivity contribution in [2.24, 2.45) is 5.92 Å². The van der Waals surface area contributed by atoms with E-state index in [0.29, 0.717) is 12.1 Å². The predicted molar refractivity (Wildman–Crippen MR) is 87.1 cm³/mol. The van der Waals surface area contributed by atoms with Crippen LogP contribution in [0.2, 0.25) is 0 Å². The number of likely N-dealkylation sites (tertiary alicyclic amines) is 1. The molecule has 1 aliphatic heterocycles. The van der Waals surface area contributed by atoms with Crippen molar-refractivity contribution in [3.8, 4) is 0 Å². The second-order valence-electron chi connectivity index (χ2n) is 6.49. The van der Waals surface area contributed by atoms with Crippen LogP contribution < -0.4 is 5.32 Å². The summed E-state index contributed by atoms with van der Waals surface area (Å²) < 4.78 is 26.3. The number of hydrogen-bond acceptors (Lipinski definition) is 2. The van der Waals surface area contributed by atoms with Crippen molar-refractivity contribution in [1.29, 1.82) is 0 Å². The average Bonchev–Trinajstić information content (AvgIpc) is 2.92. The molecular formula is C18H24F2N2O2. The van der Waals surface area contributed by atoms with Gasteiger partial charge in [-0.25, -0.2) is 8.78 Å². The predicted octanol–water partition coefficient (Wildman–Crippen LogP) is 3.18. The minimum Gasteiger partial charge on any atom is -0.349 e. The van der Waals surface area contributed by atoms with Crippen molar-refractivity contribution < 1.29 is 18.4 Å². The second kappa shape index (κ2) is 7.73. The van der Waals surface area contributed by atoms with Gasteiger partial charge in [0.25, 0.3) is 0 Å². The Morgan fingerprint density at radius 2 is 2.04 bits per heavy atom. The third-order valence-corrected chi connectivity index (χ3v) is 4.57. The summed E-state index contributed by atoms with van der Waals surface area (Å²) >= 11 is 0. The highest BCUT2D eigenvalue weighted by Gasteiger charge is 2.36. The van der Waals surface area contributed by atoms with Gasteiger partial charge in [0.1, 0.15) is 0 Å². The lowest BCUT2D eigenvalue weighted by molar-refractivity contribution is -0.130. The minimum atomic E-state index is -0.941. The first-order chi connectivity index (χ1) is 11.3. The normalized spacial score (nSPS) is 20.1. The summed E-state index contributed by atoms with van der Waals surface area (Å²) in [7, 11) is 0. The molecule has 2 amide bonds. The fraction of sp³-hybridized carbons (Fsp3) is 0.556. The maximum absolute atomic E-state index is 13.3. The highest BCUT2D eigenvalue weighted by Crippen LogP contribution is 2.23. The zero-order valence-electron chi connectivity index (χ0n) is 14.3. The molecule has 24 heavy (non-hydrogen) atoms. The molecule has 1 fully saturated rings. The lowest BCUT2D eigenvalue weighted by Crippen LogP contribution is -2.37. The molecule has 1 aromatic carbocycles. The number of amides is 2. The Kier molecular flexibility index (Phi) is 5.91. The monoisotopic (exact) mass is 338 g/mol. The molecule has 1 heterocycles. The van der Waals surface area contributed by atoms with E-state index in [4.69, 9.17) is 0 Å². The number of carbonyl (C=O) groups is 2. The standard InChI is InChI=1S/C18H24F2N2O2/c1-4-5-11(2)22-10-14(9-17(22)23)18(24)21-12(3)13-6-7-15(19)16(20)8-13/h6-8,11-12,14H,4-5,9-10H2,1-3H3,(H,21,24)/t11-,12-,14-/m0/s1. The molecule has 0 spiro atoms. The zero-order chi connectivity index (χ0) is 17.9. The molecule has 132 valence electrons. The summed E-state index contributed by atoms with van der Waals surface area (Å²) in [6, 6.07) is 3.24. The topological polar surface area (TPSA) is 49.4 Å². The summed E-state index contributed by atoms with van der Waals surface area (Å²) in [5.74, 6) is -2.49. The van der Waals surface area contributed by atoms with E-state index in [1.54, 1.807) is 11.8 Å². The molecule has 4 nitrogen and oxygen atoms in total. The Morgan fingerprint density at radius 1 is 1.33 bits per heavy atom. The van der Waals surface area contributed by atoms with E-state index >= 15 is 0 Å². The molecule has 3 atom stereocenters. The van der Waals surface area contributed by atoms with Gasteiger partial charge in [0.2, 0.25) is 11.8 Å². The van der Waals surface area contributed by atoms with Gasteiger partial charge < -0.3 is 10.2 Å². The summed E-state index contributed by atoms with van der Waals surface area (Å²) in [6.45, 7) is 6.17. The summed E-state index contributed by atoms with van der Waals surface area (Å²) in [5.41, 5.74) is 0.489. The molecule has 1 saturated heterocycles. The fourth-order valence-corrected chi connectivity index (χ4v) is 3.10. The highest BCUT2D eigenvalue weighted by atomic mass is 19.2. The minimum absolute atomic E-state index is 0.00317. The summed E-state index contributed by atoms with van der Waals surface area (Å²) in [5, 5.41) is 2.79. The zero-order valence-corrected chi connectivity index (χ0v) is 14.3. The van der Waals surface area contributed by atoms with Crippen molar-refractivity contribution in [2.75, 3.05) is 6.54 Å². The fourth-order valence-electron chi connectivity index (χ4n) is 3.10. The Bertz CT molecular complexity index is 621. The van der Waals surface area contributed by atoms with Crippen molar-refractivity contribution in [3.05, 3.63) is 35.4 Å². The SMILES string of the molecule is CCC[C@H](C)N1C[C@@H](C(=O)N[C@@H](C)c2ccc(F)c(F)c2)CC1=O. The average molecular weight is 338 g/mol. The first-order valence-electron chi connectivity index (χ1n) is 8.38. The molecular weight excluding hydrogens is 314 g/mol. The van der Waals surface area contributed by atoms with Gasteiger partial charge in [0.05, 0.1) is 12.0 Å². The molecule has 0 unspecified atom stereocenters. The smallest absolute Gasteiger partial charge is 0.225 e. The molecule has 0 bridgehead atoms. The van der Waals surface area contributed by atoms with Gasteiger partial charge in [-0.15, -0.1) is 0 Å². The highest BCUT2D eigenvalue weighted by molar-refractivity contribution is 5.89. The number of hydrogen-bond donors (Lipinski definition) is 1. The van der Waals surface area contributed by atoms with Crippen molar-refractivity contribution in [1.82, 2.24) is 10.2 Å². The van der Waals surface area contributed by atoms with Gasteiger partial charge in [0, 0.05) is 19.0 Å². The van der Waals surface area contributed by atoms with Crippen LogP contribution in [0, 0.1) is 17.6 Å². The van der Waals surface area contributed by atoms with Gasteiger partial charge in [-0.05, 0) is 38.0 Å². The molecule has 1 N–H and O–H groups in total. The van der Waals surface area contributed by atoms with E-state index in [1.165, 1.54) is 6.07 Å². The van der Waals surface area contributed by atoms with E-state index in [1.807, 2.05) is 6.92 Å². The first-order valence-corrected chi connectivity index (χ1v) is 8.38. The molecule has 1 aromatic rings. The summed E-state index contributed by atoms with van der Waals surface area (Å²) in [4.78, 5) is 26.3. The van der Waals surface area contributed by atoms with Gasteiger partial charge in [-0.1, -0.05) is 19.4 Å². The van der Waals surface area contributed by atoms with Gasteiger partial charge >= 0.3 is 0 Å². The quantitative estimate of drug-likeness (QED) is 0.866. The van der Waals surface area contributed by atoms with Crippen LogP contribution in [0.4, 0.5) is 8.78 Å². The van der Waals surface area contributed by atoms with E-state index < -0.39 is 23.6 Å². The largest absolute Gasteiger partial charge is 0.349 e. The first kappa shape index (κ1) is 18.4. The number of benzene rings is 1. The van der Waals surface area contributed by atoms with E-state index in [9.17, 15) is 18.4 Å². The Labute approximate surface area is 141 Å². The van der Waals surface area contributed by atoms with Crippen LogP contribution >= 0.6 is 0 Å². The van der Waals surface area contributed by atoms with E-state index in [2.05, 4.69) is 12.2 Å². The molecule has 6 heteroatoms. The second-order valence-corrected chi connectivity index (χ2v) is 6.49. The molecule has 0 aromatic heterocycles. The van der Waals surface area contributed by atoms with Crippen LogP contribution in [0.3, 0.4) is 0 Å². The van der Waals surface area contributed by atoms with Crippen molar-refractivity contribution in [3.63, 3.8) is 0 Å². The Morgan fingerprint density at radius 3 is 2.67 bits per heavy atom. The van der Waals surface area contributed by atoms with Crippen LogP contribution in [0.15, 0.2) is 18.2 Å². The molecule has 0 aliphatic carbocycles. The number of nitrogens with one attached hydrogen (secondary N) is 1. The van der Waals surface area contributed by atoms with Crippen molar-refractivity contribution in [2.45, 2.75) is 52.1 Å². The molecule has 0 radical (unpaired) electrons. The van der Waals surface area contributed by atoms with Crippen LogP contribution in [-0.2, 0) is 9.59 Å². The maximum Gasteiger partial charge on any atom is 0.225 e. The molecule has 0 saturated carbocycles. The van der Waals surface area contributed by atoms with Crippen LogP contribution in [0.5, 0.6) is 0 Å². The third kappa shape index (κ3) is 4.10. The molecule has 1 aliphatic rings. The maximum atomic E-state index is 13.3. The lowest BCUT2D eigenvalue weighted by Gasteiger charge is -2.24. The number of carbonyl (C=O) groups excluding carboxylic acids is 2. The van der Waals surface area contributed by atoms with Crippen LogP contribution in [-0.4, -0.2) is 29.3 Å². The van der Waals surface area contributed by atoms with Crippen LogP contribution in [0.1, 0.15) is 51.6 Å². The number of halogens is 2. The van der Waals surface area contributed by atoms with E-state index in [0.717, 1.165) is 25.0 Å². The van der Waals surface area contributed by atoms with Crippen molar-refractivity contribution >= 4 is 11.8 Å². The number of rotatable bonds is 6. The third-order valence-electron chi connectivity index (χ3n) is 4.57. The Balaban J connectivity index is 1.97. The van der Waals surface area contributed by atoms with Crippen LogP contribution in [0.25, 0.3) is 0 Å². The lowest BCUT2D eigenvalue weighted by atomic mass is 10.0. The van der Waals surface area contributed by atoms with Gasteiger partial charge in [-0.2, -0.15) is 0 Å². The van der Waals surface area contributed by atoms with Gasteiger partial charge in [0.15, 0.2) is 11.6 Å². The number of nitrogens with zero attached hydrogens (tertiary/aromatic N) is 1. The Hall–Kier alpha value is -1.98. The van der Waals surface area contributed by atoms with E-state index in [-0.39, 0.29) is 24.3 Å².